The van der Waals surface area contributed by atoms with Gasteiger partial charge in [0.25, 0.3) is 5.91 Å². The summed E-state index contributed by atoms with van der Waals surface area (Å²) in [5, 5.41) is 19.1. The highest BCUT2D eigenvalue weighted by Crippen LogP contribution is 2.21. The molecular weight excluding hydrogens is 322 g/mol. The van der Waals surface area contributed by atoms with E-state index < -0.39 is 6.10 Å². The first-order valence-electron chi connectivity index (χ1n) is 7.82. The number of amides is 1. The van der Waals surface area contributed by atoms with Crippen LogP contribution in [-0.4, -0.2) is 29.1 Å². The number of carbonyl (C=O) groups excluding carboxylic acids is 1. The van der Waals surface area contributed by atoms with Crippen molar-refractivity contribution in [1.29, 1.82) is 0 Å². The number of aliphatic hydroxyl groups excluding tert-OH is 1. The van der Waals surface area contributed by atoms with Gasteiger partial charge in [-0.3, -0.25) is 4.79 Å². The number of thiazole rings is 1. The van der Waals surface area contributed by atoms with E-state index in [4.69, 9.17) is 0 Å². The van der Waals surface area contributed by atoms with Gasteiger partial charge in [-0.25, -0.2) is 4.98 Å². The first-order valence-corrected chi connectivity index (χ1v) is 8.63. The Kier molecular flexibility index (Phi) is 5.08. The fourth-order valence-electron chi connectivity index (χ4n) is 2.42. The Bertz CT molecular complexity index is 847. The highest BCUT2D eigenvalue weighted by atomic mass is 32.1. The van der Waals surface area contributed by atoms with Crippen molar-refractivity contribution in [3.8, 4) is 0 Å². The molecule has 0 saturated heterocycles. The molecule has 0 bridgehead atoms. The van der Waals surface area contributed by atoms with E-state index in [1.807, 2.05) is 49.4 Å². The molecule has 0 aliphatic carbocycles. The number of carbonyl (C=O) groups is 1. The molecule has 1 heterocycles. The van der Waals surface area contributed by atoms with Gasteiger partial charge in [-0.15, -0.1) is 0 Å². The van der Waals surface area contributed by atoms with Crippen LogP contribution >= 0.6 is 11.3 Å². The molecule has 1 amide bonds. The minimum absolute atomic E-state index is 0.158. The second kappa shape index (κ2) is 7.42. The van der Waals surface area contributed by atoms with Crippen molar-refractivity contribution in [2.75, 3.05) is 18.4 Å². The molecule has 1 aromatic heterocycles. The van der Waals surface area contributed by atoms with Crippen molar-refractivity contribution in [3.05, 3.63) is 59.1 Å². The lowest BCUT2D eigenvalue weighted by Crippen LogP contribution is -2.27. The van der Waals surface area contributed by atoms with E-state index in [0.717, 1.165) is 28.0 Å². The van der Waals surface area contributed by atoms with Crippen LogP contribution in [0.3, 0.4) is 0 Å². The van der Waals surface area contributed by atoms with Gasteiger partial charge in [-0.05, 0) is 29.3 Å². The maximum atomic E-state index is 12.1. The van der Waals surface area contributed by atoms with Gasteiger partial charge in [0.05, 0.1) is 12.3 Å². The van der Waals surface area contributed by atoms with Crippen LogP contribution in [0.5, 0.6) is 0 Å². The molecule has 1 unspecified atom stereocenters. The van der Waals surface area contributed by atoms with Crippen molar-refractivity contribution in [1.82, 2.24) is 10.3 Å². The fraction of sp³-hybridized carbons (Fsp3) is 0.222. The SMILES string of the molecule is CCNc1ncc(C(=O)NCC(O)c2ccc3ccccc3c2)s1. The number of aliphatic hydroxyl groups is 1. The molecular formula is C18H19N3O2S. The highest BCUT2D eigenvalue weighted by molar-refractivity contribution is 7.17. The van der Waals surface area contributed by atoms with Crippen molar-refractivity contribution in [2.45, 2.75) is 13.0 Å². The topological polar surface area (TPSA) is 74.2 Å². The molecule has 0 radical (unpaired) electrons. The van der Waals surface area contributed by atoms with Crippen LogP contribution < -0.4 is 10.6 Å². The third kappa shape index (κ3) is 3.72. The van der Waals surface area contributed by atoms with Gasteiger partial charge in [0.15, 0.2) is 5.13 Å². The predicted octanol–water partition coefficient (Wildman–Crippen LogP) is 3.19. The van der Waals surface area contributed by atoms with E-state index in [1.54, 1.807) is 6.20 Å². The Morgan fingerprint density at radius 2 is 2.04 bits per heavy atom. The number of rotatable bonds is 6. The standard InChI is InChI=1S/C18H19N3O2S/c1-2-19-18-21-11-16(24-18)17(23)20-10-15(22)14-8-7-12-5-3-4-6-13(12)9-14/h3-9,11,15,22H,2,10H2,1H3,(H,19,21)(H,20,23). The van der Waals surface area contributed by atoms with Gasteiger partial charge in [-0.1, -0.05) is 47.7 Å². The third-order valence-electron chi connectivity index (χ3n) is 3.67. The lowest BCUT2D eigenvalue weighted by Gasteiger charge is -2.12. The van der Waals surface area contributed by atoms with Crippen LogP contribution in [0.15, 0.2) is 48.7 Å². The summed E-state index contributed by atoms with van der Waals surface area (Å²) in [5.41, 5.74) is 0.784. The summed E-state index contributed by atoms with van der Waals surface area (Å²) in [6.45, 7) is 2.89. The number of nitrogens with zero attached hydrogens (tertiary/aromatic N) is 1. The predicted molar refractivity (Wildman–Crippen MR) is 97.5 cm³/mol. The minimum atomic E-state index is -0.750. The van der Waals surface area contributed by atoms with Crippen molar-refractivity contribution in [2.24, 2.45) is 0 Å². The van der Waals surface area contributed by atoms with E-state index in [2.05, 4.69) is 15.6 Å². The van der Waals surface area contributed by atoms with Gasteiger partial charge >= 0.3 is 0 Å². The third-order valence-corrected chi connectivity index (χ3v) is 4.63. The summed E-state index contributed by atoms with van der Waals surface area (Å²) >= 11 is 1.30. The summed E-state index contributed by atoms with van der Waals surface area (Å²) in [6.07, 6.45) is 0.792. The van der Waals surface area contributed by atoms with Crippen LogP contribution in [0.4, 0.5) is 5.13 Å². The molecule has 0 aliphatic rings. The average Bonchev–Trinajstić information content (AvgIpc) is 3.08. The zero-order valence-electron chi connectivity index (χ0n) is 13.3. The summed E-state index contributed by atoms with van der Waals surface area (Å²) < 4.78 is 0. The first kappa shape index (κ1) is 16.4. The highest BCUT2D eigenvalue weighted by Gasteiger charge is 2.13. The monoisotopic (exact) mass is 341 g/mol. The molecule has 0 saturated carbocycles. The van der Waals surface area contributed by atoms with Crippen molar-refractivity contribution >= 4 is 33.1 Å². The largest absolute Gasteiger partial charge is 0.387 e. The molecule has 6 heteroatoms. The Morgan fingerprint density at radius 1 is 1.25 bits per heavy atom. The summed E-state index contributed by atoms with van der Waals surface area (Å²) in [6, 6.07) is 13.8. The molecule has 124 valence electrons. The Morgan fingerprint density at radius 3 is 2.83 bits per heavy atom. The molecule has 24 heavy (non-hydrogen) atoms. The zero-order chi connectivity index (χ0) is 16.9. The molecule has 3 N–H and O–H groups in total. The van der Waals surface area contributed by atoms with Gasteiger partial charge in [0.2, 0.25) is 0 Å². The number of anilines is 1. The number of hydrogen-bond donors (Lipinski definition) is 3. The number of nitrogens with one attached hydrogen (secondary N) is 2. The van der Waals surface area contributed by atoms with Crippen molar-refractivity contribution in [3.63, 3.8) is 0 Å². The molecule has 3 aromatic rings. The van der Waals surface area contributed by atoms with E-state index >= 15 is 0 Å². The maximum absolute atomic E-state index is 12.1. The van der Waals surface area contributed by atoms with Crippen LogP contribution in [0.25, 0.3) is 10.8 Å². The Hall–Kier alpha value is -2.44. The molecule has 3 rings (SSSR count). The molecule has 2 aromatic carbocycles. The smallest absolute Gasteiger partial charge is 0.263 e. The maximum Gasteiger partial charge on any atom is 0.263 e. The summed E-state index contributed by atoms with van der Waals surface area (Å²) in [7, 11) is 0. The molecule has 5 nitrogen and oxygen atoms in total. The van der Waals surface area contributed by atoms with E-state index in [9.17, 15) is 9.90 Å². The van der Waals surface area contributed by atoms with Gasteiger partial charge in [0, 0.05) is 13.1 Å². The molecule has 0 aliphatic heterocycles. The lowest BCUT2D eigenvalue weighted by molar-refractivity contribution is 0.0920. The Labute approximate surface area is 144 Å². The normalized spacial score (nSPS) is 12.1. The van der Waals surface area contributed by atoms with Crippen LogP contribution in [0, 0.1) is 0 Å². The second-order valence-electron chi connectivity index (χ2n) is 5.39. The second-order valence-corrected chi connectivity index (χ2v) is 6.42. The number of fused-ring (bicyclic) bond motifs is 1. The molecule has 0 fully saturated rings. The minimum Gasteiger partial charge on any atom is -0.387 e. The van der Waals surface area contributed by atoms with Gasteiger partial charge < -0.3 is 15.7 Å². The number of aromatic nitrogens is 1. The number of hydrogen-bond acceptors (Lipinski definition) is 5. The van der Waals surface area contributed by atoms with E-state index in [1.165, 1.54) is 11.3 Å². The van der Waals surface area contributed by atoms with Crippen LogP contribution in [-0.2, 0) is 0 Å². The fourth-order valence-corrected chi connectivity index (χ4v) is 3.22. The van der Waals surface area contributed by atoms with E-state index in [-0.39, 0.29) is 12.5 Å². The number of benzene rings is 2. The summed E-state index contributed by atoms with van der Waals surface area (Å²) in [4.78, 5) is 16.8. The van der Waals surface area contributed by atoms with E-state index in [0.29, 0.717) is 4.88 Å². The van der Waals surface area contributed by atoms with Crippen molar-refractivity contribution < 1.29 is 9.90 Å². The molecule has 1 atom stereocenters. The molecule has 0 spiro atoms. The summed E-state index contributed by atoms with van der Waals surface area (Å²) in [5.74, 6) is -0.225. The average molecular weight is 341 g/mol. The quantitative estimate of drug-likeness (QED) is 0.644. The Balaban J connectivity index is 1.62. The van der Waals surface area contributed by atoms with Gasteiger partial charge in [-0.2, -0.15) is 0 Å². The van der Waals surface area contributed by atoms with Gasteiger partial charge in [0.1, 0.15) is 4.88 Å². The van der Waals surface area contributed by atoms with Crippen LogP contribution in [0.1, 0.15) is 28.3 Å². The first-order chi connectivity index (χ1) is 11.7. The zero-order valence-corrected chi connectivity index (χ0v) is 14.1. The lowest BCUT2D eigenvalue weighted by atomic mass is 10.0. The van der Waals surface area contributed by atoms with Crippen LogP contribution in [0.2, 0.25) is 0 Å².